The molecule has 0 aliphatic heterocycles. The van der Waals surface area contributed by atoms with E-state index in [0.29, 0.717) is 19.4 Å². The van der Waals surface area contributed by atoms with Crippen LogP contribution in [0, 0.1) is 0 Å². The minimum absolute atomic E-state index is 0.0240. The maximum absolute atomic E-state index is 12.5. The molecule has 0 spiro atoms. The summed E-state index contributed by atoms with van der Waals surface area (Å²) in [5.41, 5.74) is 0. The topological polar surface area (TPSA) is 95.9 Å². The number of amides is 1. The molecule has 0 heterocycles. The van der Waals surface area contributed by atoms with E-state index in [4.69, 9.17) is 4.74 Å². The molecule has 420 valence electrons. The van der Waals surface area contributed by atoms with Gasteiger partial charge < -0.3 is 20.3 Å². The van der Waals surface area contributed by atoms with Crippen molar-refractivity contribution in [2.75, 3.05) is 13.2 Å². The molecule has 0 aromatic heterocycles. The van der Waals surface area contributed by atoms with Crippen molar-refractivity contribution in [2.24, 2.45) is 0 Å². The SMILES string of the molecule is CCCCCC/C=C\C/C=C\CCCCCCCCCC(=O)OCCCCC/C=C\C/C=C\CCCCCCCCCC(=O)NC(CO)C(O)/C=C/CCCCCCCCCCCCCCCCCCCC. The normalized spacial score (nSPS) is 13.0. The van der Waals surface area contributed by atoms with E-state index in [1.807, 2.05) is 6.08 Å². The van der Waals surface area contributed by atoms with Gasteiger partial charge in [0, 0.05) is 12.8 Å². The predicted molar refractivity (Wildman–Crippen MR) is 315 cm³/mol. The highest BCUT2D eigenvalue weighted by molar-refractivity contribution is 5.76. The minimum Gasteiger partial charge on any atom is -0.466 e. The molecule has 0 radical (unpaired) electrons. The van der Waals surface area contributed by atoms with Crippen LogP contribution in [-0.4, -0.2) is 47.4 Å². The first-order valence-corrected chi connectivity index (χ1v) is 31.6. The fraction of sp³-hybridized carbons (Fsp3) is 0.818. The highest BCUT2D eigenvalue weighted by Crippen LogP contribution is 2.16. The van der Waals surface area contributed by atoms with E-state index in [0.717, 1.165) is 89.9 Å². The van der Waals surface area contributed by atoms with Gasteiger partial charge in [-0.25, -0.2) is 0 Å². The molecule has 0 aliphatic rings. The molecule has 6 heteroatoms. The first-order valence-electron chi connectivity index (χ1n) is 31.6. The lowest BCUT2D eigenvalue weighted by Gasteiger charge is -2.20. The van der Waals surface area contributed by atoms with Gasteiger partial charge in [0.05, 0.1) is 25.4 Å². The molecule has 0 saturated carbocycles. The molecule has 0 aliphatic carbocycles. The highest BCUT2D eigenvalue weighted by Gasteiger charge is 2.18. The van der Waals surface area contributed by atoms with Gasteiger partial charge >= 0.3 is 5.97 Å². The van der Waals surface area contributed by atoms with E-state index >= 15 is 0 Å². The van der Waals surface area contributed by atoms with Gasteiger partial charge in [0.25, 0.3) is 0 Å². The van der Waals surface area contributed by atoms with Gasteiger partial charge in [-0.1, -0.05) is 267 Å². The first-order chi connectivity index (χ1) is 35.5. The zero-order valence-electron chi connectivity index (χ0n) is 47.9. The molecule has 2 atom stereocenters. The molecular weight excluding hydrogens is 887 g/mol. The summed E-state index contributed by atoms with van der Waals surface area (Å²) in [5, 5.41) is 23.2. The number of aliphatic hydroxyl groups is 2. The number of hydrogen-bond acceptors (Lipinski definition) is 5. The van der Waals surface area contributed by atoms with Crippen LogP contribution in [0.3, 0.4) is 0 Å². The maximum Gasteiger partial charge on any atom is 0.305 e. The Hall–Kier alpha value is -2.44. The highest BCUT2D eigenvalue weighted by atomic mass is 16.5. The van der Waals surface area contributed by atoms with E-state index in [-0.39, 0.29) is 18.5 Å². The van der Waals surface area contributed by atoms with Crippen LogP contribution >= 0.6 is 0 Å². The van der Waals surface area contributed by atoms with E-state index in [9.17, 15) is 19.8 Å². The molecule has 6 nitrogen and oxygen atoms in total. The van der Waals surface area contributed by atoms with Crippen LogP contribution in [0.5, 0.6) is 0 Å². The van der Waals surface area contributed by atoms with Crippen molar-refractivity contribution in [3.05, 3.63) is 60.8 Å². The fourth-order valence-electron chi connectivity index (χ4n) is 9.40. The van der Waals surface area contributed by atoms with Gasteiger partial charge in [-0.05, 0) is 103 Å². The number of unbranched alkanes of at least 4 members (excludes halogenated alkanes) is 39. The summed E-state index contributed by atoms with van der Waals surface area (Å²) >= 11 is 0. The Morgan fingerprint density at radius 2 is 0.694 bits per heavy atom. The van der Waals surface area contributed by atoms with Gasteiger partial charge in [0.2, 0.25) is 5.91 Å². The zero-order valence-corrected chi connectivity index (χ0v) is 47.9. The molecule has 3 N–H and O–H groups in total. The van der Waals surface area contributed by atoms with Crippen molar-refractivity contribution < 1.29 is 24.5 Å². The summed E-state index contributed by atoms with van der Waals surface area (Å²) in [6, 6.07) is -0.643. The summed E-state index contributed by atoms with van der Waals surface area (Å²) < 4.78 is 5.46. The van der Waals surface area contributed by atoms with E-state index in [1.54, 1.807) is 6.08 Å². The Balaban J connectivity index is 3.53. The van der Waals surface area contributed by atoms with E-state index in [2.05, 4.69) is 67.8 Å². The Labute approximate surface area is 448 Å². The minimum atomic E-state index is -0.858. The first kappa shape index (κ1) is 69.6. The van der Waals surface area contributed by atoms with Crippen molar-refractivity contribution in [2.45, 2.75) is 334 Å². The number of carbonyl (C=O) groups excluding carboxylic acids is 2. The van der Waals surface area contributed by atoms with Gasteiger partial charge in [-0.15, -0.1) is 0 Å². The molecular formula is C66H121NO5. The second-order valence-electron chi connectivity index (χ2n) is 21.4. The molecule has 72 heavy (non-hydrogen) atoms. The smallest absolute Gasteiger partial charge is 0.305 e. The third kappa shape index (κ3) is 56.8. The van der Waals surface area contributed by atoms with Crippen molar-refractivity contribution in [1.82, 2.24) is 5.32 Å². The van der Waals surface area contributed by atoms with Crippen LogP contribution < -0.4 is 5.32 Å². The predicted octanol–water partition coefficient (Wildman–Crippen LogP) is 19.9. The lowest BCUT2D eigenvalue weighted by atomic mass is 10.0. The number of hydrogen-bond donors (Lipinski definition) is 3. The number of esters is 1. The average Bonchev–Trinajstić information content (AvgIpc) is 3.38. The second kappa shape index (κ2) is 61.1. The van der Waals surface area contributed by atoms with Crippen LogP contribution in [0.4, 0.5) is 0 Å². The molecule has 0 saturated heterocycles. The lowest BCUT2D eigenvalue weighted by molar-refractivity contribution is -0.143. The van der Waals surface area contributed by atoms with E-state index < -0.39 is 12.1 Å². The van der Waals surface area contributed by atoms with Crippen LogP contribution in [0.2, 0.25) is 0 Å². The summed E-state index contributed by atoms with van der Waals surface area (Å²) in [6.07, 6.45) is 79.7. The number of nitrogens with one attached hydrogen (secondary N) is 1. The molecule has 0 fully saturated rings. The fourth-order valence-corrected chi connectivity index (χ4v) is 9.40. The van der Waals surface area contributed by atoms with E-state index in [1.165, 1.54) is 205 Å². The Morgan fingerprint density at radius 1 is 0.389 bits per heavy atom. The molecule has 0 bridgehead atoms. The van der Waals surface area contributed by atoms with Crippen molar-refractivity contribution in [1.29, 1.82) is 0 Å². The van der Waals surface area contributed by atoms with Crippen molar-refractivity contribution >= 4 is 11.9 Å². The van der Waals surface area contributed by atoms with Crippen LogP contribution in [0.25, 0.3) is 0 Å². The number of allylic oxidation sites excluding steroid dienone is 9. The largest absolute Gasteiger partial charge is 0.466 e. The Bertz CT molecular complexity index is 1250. The standard InChI is InChI=1S/C66H121NO5/c1-3-5-7-9-11-13-15-17-19-21-23-24-26-30-34-38-42-46-50-54-58-64(69)63(62-68)67-65(70)59-55-51-47-43-39-35-31-27-25-29-33-37-41-45-49-53-57-61-72-66(71)60-56-52-48-44-40-36-32-28-22-20-18-16-14-12-10-8-6-4-2/h14,16,20,22,25,29,37,41,54,58,63-64,68-69H,3-13,15,17-19,21,23-24,26-28,30-36,38-40,42-53,55-57,59-62H2,1-2H3,(H,67,70)/b16-14-,22-20-,29-25-,41-37-,58-54+. The number of aliphatic hydroxyl groups excluding tert-OH is 2. The van der Waals surface area contributed by atoms with Gasteiger partial charge in [0.1, 0.15) is 0 Å². The molecule has 0 aromatic rings. The molecule has 0 rings (SSSR count). The second-order valence-corrected chi connectivity index (χ2v) is 21.4. The Morgan fingerprint density at radius 3 is 1.07 bits per heavy atom. The van der Waals surface area contributed by atoms with Crippen LogP contribution in [0.1, 0.15) is 322 Å². The van der Waals surface area contributed by atoms with Crippen molar-refractivity contribution in [3.8, 4) is 0 Å². The zero-order chi connectivity index (χ0) is 52.2. The number of carbonyl (C=O) groups is 2. The van der Waals surface area contributed by atoms with Gasteiger partial charge in [0.15, 0.2) is 0 Å². The van der Waals surface area contributed by atoms with Gasteiger partial charge in [-0.3, -0.25) is 9.59 Å². The summed E-state index contributed by atoms with van der Waals surface area (Å²) in [4.78, 5) is 24.6. The quantitative estimate of drug-likeness (QED) is 0.0320. The third-order valence-electron chi connectivity index (χ3n) is 14.3. The summed E-state index contributed by atoms with van der Waals surface area (Å²) in [7, 11) is 0. The lowest BCUT2D eigenvalue weighted by Crippen LogP contribution is -2.45. The maximum atomic E-state index is 12.5. The Kier molecular flexibility index (Phi) is 59.0. The average molecular weight is 1010 g/mol. The van der Waals surface area contributed by atoms with Crippen molar-refractivity contribution in [3.63, 3.8) is 0 Å². The molecule has 1 amide bonds. The summed E-state index contributed by atoms with van der Waals surface area (Å²) in [5.74, 6) is -0.107. The third-order valence-corrected chi connectivity index (χ3v) is 14.3. The van der Waals surface area contributed by atoms with Crippen LogP contribution in [0.15, 0.2) is 60.8 Å². The number of ether oxygens (including phenoxy) is 1. The van der Waals surface area contributed by atoms with Crippen LogP contribution in [-0.2, 0) is 14.3 Å². The molecule has 0 aromatic carbocycles. The summed E-state index contributed by atoms with van der Waals surface area (Å²) in [6.45, 7) is 4.85. The molecule has 2 unspecified atom stereocenters. The monoisotopic (exact) mass is 1010 g/mol. The number of rotatable bonds is 58. The van der Waals surface area contributed by atoms with Gasteiger partial charge in [-0.2, -0.15) is 0 Å².